The number of carbonyl (C=O) groups is 2. The summed E-state index contributed by atoms with van der Waals surface area (Å²) in [5, 5.41) is 8.64. The number of hydrogen-bond donors (Lipinski definition) is 2. The van der Waals surface area contributed by atoms with Gasteiger partial charge in [-0.1, -0.05) is 63.1 Å². The number of carbonyl (C=O) groups excluding carboxylic acids is 2. The Morgan fingerprint density at radius 3 is 2.55 bits per heavy atom. The van der Waals surface area contributed by atoms with Gasteiger partial charge in [0.1, 0.15) is 12.1 Å². The van der Waals surface area contributed by atoms with Crippen LogP contribution in [0.3, 0.4) is 0 Å². The highest BCUT2D eigenvalue weighted by Crippen LogP contribution is 2.30. The van der Waals surface area contributed by atoms with E-state index in [9.17, 15) is 9.59 Å². The first kappa shape index (κ1) is 32.4. The molecule has 0 unspecified atom stereocenters. The fourth-order valence-electron chi connectivity index (χ4n) is 6.53. The maximum absolute atomic E-state index is 14.2. The predicted molar refractivity (Wildman–Crippen MR) is 177 cm³/mol. The molecule has 2 saturated heterocycles. The van der Waals surface area contributed by atoms with Crippen molar-refractivity contribution >= 4 is 29.2 Å². The SMILES string of the molecule is CC(C)N[C@H](CCCCN1CCCCC1)C(=O)N1CCN(C2=N[C@@H](C)[C@H](c3ccccc3)O2)C[C@H]1C(=O)NCc1cccs1. The Bertz CT molecular complexity index is 1220. The highest BCUT2D eigenvalue weighted by molar-refractivity contribution is 7.09. The minimum absolute atomic E-state index is 0.0115. The third kappa shape index (κ3) is 8.61. The molecule has 4 heterocycles. The van der Waals surface area contributed by atoms with E-state index in [1.165, 1.54) is 32.4 Å². The fraction of sp³-hybridized carbons (Fsp3) is 0.618. The summed E-state index contributed by atoms with van der Waals surface area (Å²) in [7, 11) is 0. The van der Waals surface area contributed by atoms with Gasteiger partial charge in [-0.3, -0.25) is 9.59 Å². The van der Waals surface area contributed by atoms with Crippen LogP contribution in [0.4, 0.5) is 0 Å². The van der Waals surface area contributed by atoms with Gasteiger partial charge in [0.25, 0.3) is 6.02 Å². The number of piperidine rings is 1. The van der Waals surface area contributed by atoms with Crippen molar-refractivity contribution in [1.29, 1.82) is 0 Å². The third-order valence-electron chi connectivity index (χ3n) is 8.86. The van der Waals surface area contributed by atoms with Crippen molar-refractivity contribution in [3.8, 4) is 0 Å². The molecule has 3 aliphatic heterocycles. The molecule has 9 nitrogen and oxygen atoms in total. The van der Waals surface area contributed by atoms with Gasteiger partial charge in [0.15, 0.2) is 0 Å². The van der Waals surface area contributed by atoms with Gasteiger partial charge in [-0.25, -0.2) is 4.99 Å². The molecule has 0 bridgehead atoms. The lowest BCUT2D eigenvalue weighted by atomic mass is 10.0. The van der Waals surface area contributed by atoms with E-state index < -0.39 is 6.04 Å². The van der Waals surface area contributed by atoms with E-state index in [0.717, 1.165) is 36.2 Å². The van der Waals surface area contributed by atoms with Crippen molar-refractivity contribution in [2.45, 2.75) is 96.1 Å². The Kier molecular flexibility index (Phi) is 11.7. The smallest absolute Gasteiger partial charge is 0.288 e. The molecule has 0 radical (unpaired) electrons. The molecule has 2 N–H and O–H groups in total. The standard InChI is InChI=1S/C34H50N6O3S/c1-25(2)36-29(16-8-11-19-38-17-9-5-10-18-38)33(42)40-21-20-39(24-30(40)32(41)35-23-28-15-12-22-44-28)34-37-26(3)31(43-34)27-13-6-4-7-14-27/h4,6-7,12-15,22,25-26,29-31,36H,5,8-11,16-21,23-24H2,1-3H3,(H,35,41)/t26-,29+,30-,31+/m0/s1. The lowest BCUT2D eigenvalue weighted by Crippen LogP contribution is -2.64. The average molecular weight is 623 g/mol. The summed E-state index contributed by atoms with van der Waals surface area (Å²) in [5.74, 6) is -0.131. The number of ether oxygens (including phenoxy) is 1. The van der Waals surface area contributed by atoms with E-state index in [1.54, 1.807) is 16.2 Å². The van der Waals surface area contributed by atoms with Crippen LogP contribution in [0.2, 0.25) is 0 Å². The van der Waals surface area contributed by atoms with Gasteiger partial charge in [-0.05, 0) is 69.3 Å². The summed E-state index contributed by atoms with van der Waals surface area (Å²) < 4.78 is 6.38. The van der Waals surface area contributed by atoms with Crippen LogP contribution in [0.15, 0.2) is 52.8 Å². The molecule has 44 heavy (non-hydrogen) atoms. The Balaban J connectivity index is 1.26. The van der Waals surface area contributed by atoms with Crippen LogP contribution in [-0.4, -0.2) is 96.0 Å². The maximum Gasteiger partial charge on any atom is 0.288 e. The number of thiophene rings is 1. The Morgan fingerprint density at radius 2 is 1.82 bits per heavy atom. The molecule has 2 amide bonds. The van der Waals surface area contributed by atoms with Gasteiger partial charge in [-0.2, -0.15) is 0 Å². The summed E-state index contributed by atoms with van der Waals surface area (Å²) in [6, 6.07) is 13.9. The monoisotopic (exact) mass is 622 g/mol. The Morgan fingerprint density at radius 1 is 1.02 bits per heavy atom. The number of likely N-dealkylation sites (tertiary alicyclic amines) is 1. The van der Waals surface area contributed by atoms with E-state index in [0.29, 0.717) is 32.2 Å². The zero-order valence-electron chi connectivity index (χ0n) is 26.6. The number of piperazine rings is 1. The van der Waals surface area contributed by atoms with Gasteiger partial charge in [0, 0.05) is 24.0 Å². The first-order chi connectivity index (χ1) is 21.4. The molecule has 0 saturated carbocycles. The summed E-state index contributed by atoms with van der Waals surface area (Å²) in [6.07, 6.45) is 6.59. The van der Waals surface area contributed by atoms with Crippen molar-refractivity contribution in [3.63, 3.8) is 0 Å². The van der Waals surface area contributed by atoms with Crippen LogP contribution in [-0.2, 0) is 20.9 Å². The molecule has 10 heteroatoms. The van der Waals surface area contributed by atoms with Gasteiger partial charge in [0.05, 0.1) is 25.2 Å². The molecular formula is C34H50N6O3S. The topological polar surface area (TPSA) is 89.5 Å². The quantitative estimate of drug-likeness (QED) is 0.341. The van der Waals surface area contributed by atoms with Crippen molar-refractivity contribution in [3.05, 3.63) is 58.3 Å². The lowest BCUT2D eigenvalue weighted by molar-refractivity contribution is -0.145. The second-order valence-corrected chi connectivity index (χ2v) is 13.7. The number of rotatable bonds is 12. The molecule has 2 aromatic rings. The van der Waals surface area contributed by atoms with E-state index in [2.05, 4.69) is 48.4 Å². The average Bonchev–Trinajstić information content (AvgIpc) is 3.71. The zero-order chi connectivity index (χ0) is 30.9. The molecule has 1 aromatic carbocycles. The second kappa shape index (κ2) is 15.9. The molecule has 2 fully saturated rings. The Labute approximate surface area is 267 Å². The van der Waals surface area contributed by atoms with Crippen LogP contribution >= 0.6 is 11.3 Å². The van der Waals surface area contributed by atoms with Crippen LogP contribution in [0.1, 0.15) is 75.8 Å². The summed E-state index contributed by atoms with van der Waals surface area (Å²) in [4.78, 5) is 40.3. The number of unbranched alkanes of at least 4 members (excludes halogenated alkanes) is 1. The normalized spacial score (nSPS) is 23.4. The van der Waals surface area contributed by atoms with Crippen molar-refractivity contribution < 1.29 is 14.3 Å². The van der Waals surface area contributed by atoms with Gasteiger partial charge in [0.2, 0.25) is 11.8 Å². The lowest BCUT2D eigenvalue weighted by Gasteiger charge is -2.42. The summed E-state index contributed by atoms with van der Waals surface area (Å²) in [5.41, 5.74) is 1.08. The number of aliphatic imine (C=N–C) groups is 1. The van der Waals surface area contributed by atoms with Crippen LogP contribution in [0, 0.1) is 0 Å². The van der Waals surface area contributed by atoms with Gasteiger partial charge < -0.3 is 30.1 Å². The first-order valence-electron chi connectivity index (χ1n) is 16.5. The first-order valence-corrected chi connectivity index (χ1v) is 17.4. The minimum Gasteiger partial charge on any atom is -0.455 e. The fourth-order valence-corrected chi connectivity index (χ4v) is 7.17. The minimum atomic E-state index is -0.640. The zero-order valence-corrected chi connectivity index (χ0v) is 27.4. The largest absolute Gasteiger partial charge is 0.455 e. The molecule has 0 aliphatic carbocycles. The molecule has 0 spiro atoms. The molecule has 1 aromatic heterocycles. The van der Waals surface area contributed by atoms with E-state index in [4.69, 9.17) is 9.73 Å². The van der Waals surface area contributed by atoms with E-state index >= 15 is 0 Å². The predicted octanol–water partition coefficient (Wildman–Crippen LogP) is 4.42. The summed E-state index contributed by atoms with van der Waals surface area (Å²) >= 11 is 1.61. The third-order valence-corrected chi connectivity index (χ3v) is 9.74. The number of hydrogen-bond acceptors (Lipinski definition) is 8. The van der Waals surface area contributed by atoms with Crippen molar-refractivity contribution in [2.24, 2.45) is 4.99 Å². The number of benzene rings is 1. The van der Waals surface area contributed by atoms with Crippen LogP contribution in [0.25, 0.3) is 0 Å². The highest BCUT2D eigenvalue weighted by atomic mass is 32.1. The molecule has 4 atom stereocenters. The molecule has 3 aliphatic rings. The van der Waals surface area contributed by atoms with Gasteiger partial charge >= 0.3 is 0 Å². The highest BCUT2D eigenvalue weighted by Gasteiger charge is 2.41. The molecule has 240 valence electrons. The van der Waals surface area contributed by atoms with Crippen LogP contribution < -0.4 is 10.6 Å². The van der Waals surface area contributed by atoms with Crippen LogP contribution in [0.5, 0.6) is 0 Å². The number of nitrogens with one attached hydrogen (secondary N) is 2. The number of amidine groups is 1. The van der Waals surface area contributed by atoms with Gasteiger partial charge in [-0.15, -0.1) is 11.3 Å². The maximum atomic E-state index is 14.2. The van der Waals surface area contributed by atoms with E-state index in [-0.39, 0.29) is 36.0 Å². The Hall–Kier alpha value is -2.95. The second-order valence-electron chi connectivity index (χ2n) is 12.7. The number of amides is 2. The summed E-state index contributed by atoms with van der Waals surface area (Å²) in [6.45, 7) is 11.5. The van der Waals surface area contributed by atoms with E-state index in [1.807, 2.05) is 40.6 Å². The van der Waals surface area contributed by atoms with Crippen molar-refractivity contribution in [2.75, 3.05) is 39.3 Å². The number of nitrogens with zero attached hydrogens (tertiary/aromatic N) is 4. The molecular weight excluding hydrogens is 572 g/mol. The van der Waals surface area contributed by atoms with Crippen molar-refractivity contribution in [1.82, 2.24) is 25.3 Å². The molecule has 5 rings (SSSR count).